The first-order valence-corrected chi connectivity index (χ1v) is 9.72. The van der Waals surface area contributed by atoms with Crippen molar-refractivity contribution in [3.63, 3.8) is 0 Å². The van der Waals surface area contributed by atoms with Crippen LogP contribution in [-0.4, -0.2) is 59.3 Å². The van der Waals surface area contributed by atoms with E-state index in [9.17, 15) is 5.11 Å². The molecule has 146 valence electrons. The van der Waals surface area contributed by atoms with E-state index in [0.29, 0.717) is 6.04 Å². The maximum absolute atomic E-state index is 9.55. The van der Waals surface area contributed by atoms with Crippen LogP contribution >= 0.6 is 0 Å². The Morgan fingerprint density at radius 1 is 1.15 bits per heavy atom. The summed E-state index contributed by atoms with van der Waals surface area (Å²) in [4.78, 5) is 9.59. The number of aromatic nitrogens is 1. The number of aliphatic hydroxyl groups is 1. The Labute approximate surface area is 162 Å². The second kappa shape index (κ2) is 9.31. The summed E-state index contributed by atoms with van der Waals surface area (Å²) in [6, 6.07) is 13.0. The lowest BCUT2D eigenvalue weighted by atomic mass is 10.1. The molecule has 0 amide bonds. The number of ether oxygens (including phenoxy) is 1. The molecule has 5 nitrogen and oxygen atoms in total. The summed E-state index contributed by atoms with van der Waals surface area (Å²) < 4.78 is 5.37. The molecule has 1 aliphatic rings. The van der Waals surface area contributed by atoms with E-state index in [0.717, 1.165) is 61.8 Å². The van der Waals surface area contributed by atoms with Crippen LogP contribution in [0.2, 0.25) is 0 Å². The summed E-state index contributed by atoms with van der Waals surface area (Å²) in [6.07, 6.45) is 0.798. The fraction of sp³-hybridized carbons (Fsp3) is 0.500. The molecule has 27 heavy (non-hydrogen) atoms. The van der Waals surface area contributed by atoms with Gasteiger partial charge in [0.1, 0.15) is 5.75 Å². The molecule has 1 aromatic carbocycles. The van der Waals surface area contributed by atoms with Crippen LogP contribution in [0.1, 0.15) is 28.9 Å². The van der Waals surface area contributed by atoms with Crippen LogP contribution < -0.4 is 4.74 Å². The lowest BCUT2D eigenvalue weighted by Crippen LogP contribution is -2.52. The van der Waals surface area contributed by atoms with Crippen LogP contribution in [0.25, 0.3) is 0 Å². The highest BCUT2D eigenvalue weighted by molar-refractivity contribution is 5.36. The van der Waals surface area contributed by atoms with Gasteiger partial charge in [0.2, 0.25) is 0 Å². The number of pyridine rings is 1. The normalized spacial score (nSPS) is 18.6. The van der Waals surface area contributed by atoms with Gasteiger partial charge in [0, 0.05) is 51.1 Å². The fourth-order valence-electron chi connectivity index (χ4n) is 3.92. The Bertz CT molecular complexity index is 750. The number of hydrogen-bond acceptors (Lipinski definition) is 5. The summed E-state index contributed by atoms with van der Waals surface area (Å²) in [5, 5.41) is 9.55. The number of rotatable bonds is 7. The number of nitrogens with zero attached hydrogens (tertiary/aromatic N) is 3. The van der Waals surface area contributed by atoms with E-state index < -0.39 is 0 Å². The van der Waals surface area contributed by atoms with Crippen molar-refractivity contribution in [3.8, 4) is 5.75 Å². The smallest absolute Gasteiger partial charge is 0.121 e. The molecule has 1 aromatic heterocycles. The standard InChI is InChI=1S/C22H31N3O2/c1-17-13-19(7-8-22(17)27-3)14-25-11-10-24(16-21(25)9-12-26)15-20-6-4-5-18(2)23-20/h4-8,13,21,26H,9-12,14-16H2,1-3H3. The molecule has 1 aliphatic heterocycles. The lowest BCUT2D eigenvalue weighted by molar-refractivity contribution is 0.0494. The molecule has 1 saturated heterocycles. The van der Waals surface area contributed by atoms with Gasteiger partial charge >= 0.3 is 0 Å². The summed E-state index contributed by atoms with van der Waals surface area (Å²) in [5.41, 5.74) is 4.65. The van der Waals surface area contributed by atoms with E-state index in [1.165, 1.54) is 5.56 Å². The van der Waals surface area contributed by atoms with Crippen LogP contribution in [0.5, 0.6) is 5.75 Å². The quantitative estimate of drug-likeness (QED) is 0.813. The van der Waals surface area contributed by atoms with Crippen LogP contribution in [0.15, 0.2) is 36.4 Å². The third-order valence-corrected chi connectivity index (χ3v) is 5.33. The number of aryl methyl sites for hydroxylation is 2. The van der Waals surface area contributed by atoms with Gasteiger partial charge in [-0.15, -0.1) is 0 Å². The van der Waals surface area contributed by atoms with Gasteiger partial charge in [0.15, 0.2) is 0 Å². The molecule has 1 unspecified atom stereocenters. The van der Waals surface area contributed by atoms with Gasteiger partial charge < -0.3 is 9.84 Å². The molecule has 3 rings (SSSR count). The Morgan fingerprint density at radius 3 is 2.70 bits per heavy atom. The molecule has 0 bridgehead atoms. The molecule has 0 radical (unpaired) electrons. The molecule has 0 spiro atoms. The van der Waals surface area contributed by atoms with Gasteiger partial charge in [-0.05, 0) is 49.6 Å². The largest absolute Gasteiger partial charge is 0.496 e. The summed E-state index contributed by atoms with van der Waals surface area (Å²) in [5.74, 6) is 0.932. The van der Waals surface area contributed by atoms with E-state index >= 15 is 0 Å². The molecule has 0 saturated carbocycles. The number of methoxy groups -OCH3 is 1. The Hall–Kier alpha value is -1.95. The van der Waals surface area contributed by atoms with Crippen LogP contribution in [-0.2, 0) is 13.1 Å². The van der Waals surface area contributed by atoms with E-state index in [4.69, 9.17) is 4.74 Å². The minimum absolute atomic E-state index is 0.222. The minimum Gasteiger partial charge on any atom is -0.496 e. The molecule has 0 aliphatic carbocycles. The summed E-state index contributed by atoms with van der Waals surface area (Å²) in [7, 11) is 1.71. The second-order valence-corrected chi connectivity index (χ2v) is 7.45. The third-order valence-electron chi connectivity index (χ3n) is 5.33. The summed E-state index contributed by atoms with van der Waals surface area (Å²) >= 11 is 0. The van der Waals surface area contributed by atoms with Gasteiger partial charge in [0.25, 0.3) is 0 Å². The highest BCUT2D eigenvalue weighted by atomic mass is 16.5. The number of aliphatic hydroxyl groups excluding tert-OH is 1. The van der Waals surface area contributed by atoms with Crippen molar-refractivity contribution in [1.29, 1.82) is 0 Å². The predicted octanol–water partition coefficient (Wildman–Crippen LogP) is 2.78. The highest BCUT2D eigenvalue weighted by Gasteiger charge is 2.27. The first kappa shape index (κ1) is 19.8. The summed E-state index contributed by atoms with van der Waals surface area (Å²) in [6.45, 7) is 9.11. The Morgan fingerprint density at radius 2 is 2.00 bits per heavy atom. The van der Waals surface area contributed by atoms with Crippen LogP contribution in [0.4, 0.5) is 0 Å². The molecule has 1 atom stereocenters. The van der Waals surface area contributed by atoms with E-state index in [2.05, 4.69) is 46.0 Å². The van der Waals surface area contributed by atoms with Gasteiger partial charge in [-0.1, -0.05) is 18.2 Å². The van der Waals surface area contributed by atoms with Gasteiger partial charge in [-0.25, -0.2) is 0 Å². The molecule has 2 heterocycles. The van der Waals surface area contributed by atoms with Gasteiger partial charge in [-0.2, -0.15) is 0 Å². The zero-order chi connectivity index (χ0) is 19.2. The van der Waals surface area contributed by atoms with Crippen molar-refractivity contribution < 1.29 is 9.84 Å². The monoisotopic (exact) mass is 369 g/mol. The van der Waals surface area contributed by atoms with E-state index in [1.807, 2.05) is 19.1 Å². The van der Waals surface area contributed by atoms with Gasteiger partial charge in [-0.3, -0.25) is 14.8 Å². The van der Waals surface area contributed by atoms with E-state index in [1.54, 1.807) is 7.11 Å². The Kier molecular flexibility index (Phi) is 6.83. The van der Waals surface area contributed by atoms with Crippen LogP contribution in [0.3, 0.4) is 0 Å². The van der Waals surface area contributed by atoms with Crippen molar-refractivity contribution in [2.75, 3.05) is 33.4 Å². The predicted molar refractivity (Wildman–Crippen MR) is 108 cm³/mol. The van der Waals surface area contributed by atoms with Crippen molar-refractivity contribution in [2.24, 2.45) is 0 Å². The van der Waals surface area contributed by atoms with Crippen LogP contribution in [0, 0.1) is 13.8 Å². The number of hydrogen-bond donors (Lipinski definition) is 1. The van der Waals surface area contributed by atoms with Crippen molar-refractivity contribution >= 4 is 0 Å². The lowest BCUT2D eigenvalue weighted by Gasteiger charge is -2.41. The fourth-order valence-corrected chi connectivity index (χ4v) is 3.92. The molecule has 5 heteroatoms. The third kappa shape index (κ3) is 5.28. The number of benzene rings is 1. The maximum Gasteiger partial charge on any atom is 0.121 e. The SMILES string of the molecule is COc1ccc(CN2CCN(Cc3cccc(C)n3)CC2CCO)cc1C. The topological polar surface area (TPSA) is 48.8 Å². The second-order valence-electron chi connectivity index (χ2n) is 7.45. The number of piperazine rings is 1. The first-order valence-electron chi connectivity index (χ1n) is 9.72. The molecule has 1 fully saturated rings. The first-order chi connectivity index (χ1) is 13.1. The average Bonchev–Trinajstić information content (AvgIpc) is 2.64. The average molecular weight is 370 g/mol. The van der Waals surface area contributed by atoms with Crippen molar-refractivity contribution in [3.05, 3.63) is 58.9 Å². The molecular weight excluding hydrogens is 338 g/mol. The highest BCUT2D eigenvalue weighted by Crippen LogP contribution is 2.22. The maximum atomic E-state index is 9.55. The zero-order valence-electron chi connectivity index (χ0n) is 16.7. The van der Waals surface area contributed by atoms with E-state index in [-0.39, 0.29) is 6.61 Å². The minimum atomic E-state index is 0.222. The Balaban J connectivity index is 1.64. The zero-order valence-corrected chi connectivity index (χ0v) is 16.7. The van der Waals surface area contributed by atoms with Crippen molar-refractivity contribution in [2.45, 2.75) is 39.4 Å². The molecular formula is C22H31N3O2. The van der Waals surface area contributed by atoms with Gasteiger partial charge in [0.05, 0.1) is 12.8 Å². The van der Waals surface area contributed by atoms with Crippen molar-refractivity contribution in [1.82, 2.24) is 14.8 Å². The molecule has 2 aromatic rings. The molecule has 1 N–H and O–H groups in total.